The summed E-state index contributed by atoms with van der Waals surface area (Å²) < 4.78 is 6.55. The van der Waals surface area contributed by atoms with Gasteiger partial charge in [0.15, 0.2) is 0 Å². The zero-order valence-corrected chi connectivity index (χ0v) is 10.2. The van der Waals surface area contributed by atoms with E-state index in [1.54, 1.807) is 1.94 Å². The van der Waals surface area contributed by atoms with Crippen LogP contribution in [0.5, 0.6) is 0 Å². The summed E-state index contributed by atoms with van der Waals surface area (Å²) in [5.74, 6) is 0. The molecule has 0 aromatic heterocycles. The van der Waals surface area contributed by atoms with E-state index in [9.17, 15) is 0 Å². The van der Waals surface area contributed by atoms with E-state index in [1.807, 2.05) is 0 Å². The van der Waals surface area contributed by atoms with Crippen LogP contribution in [0.4, 0.5) is 0 Å². The van der Waals surface area contributed by atoms with Gasteiger partial charge in [-0.15, -0.1) is 0 Å². The van der Waals surface area contributed by atoms with Crippen LogP contribution in [0.2, 0.25) is 6.82 Å². The molecule has 0 bridgehead atoms. The zero-order valence-electron chi connectivity index (χ0n) is 7.07. The van der Waals surface area contributed by atoms with Crippen molar-refractivity contribution in [2.24, 2.45) is 0 Å². The van der Waals surface area contributed by atoms with E-state index in [0.29, 0.717) is 0 Å². The molecule has 0 aliphatic rings. The van der Waals surface area contributed by atoms with Gasteiger partial charge < -0.3 is 0 Å². The maximum atomic E-state index is 2.49. The second kappa shape index (κ2) is 6.07. The minimum atomic E-state index is -0.854. The Labute approximate surface area is 73.3 Å². The molecule has 0 unspecified atom stereocenters. The van der Waals surface area contributed by atoms with E-state index in [-0.39, 0.29) is 0 Å². The van der Waals surface area contributed by atoms with Gasteiger partial charge >= 0.3 is 74.2 Å². The fourth-order valence-electron chi connectivity index (χ4n) is 0.749. The molecule has 0 fully saturated rings. The molecule has 0 N–H and O–H groups in total. The summed E-state index contributed by atoms with van der Waals surface area (Å²) in [6, 6.07) is 0. The average molecular weight is 256 g/mol. The molecule has 0 saturated heterocycles. The Bertz CT molecular complexity index is 53.9. The quantitative estimate of drug-likeness (QED) is 0.744. The Morgan fingerprint density at radius 2 is 1.78 bits per heavy atom. The predicted molar refractivity (Wildman–Crippen MR) is 39.7 cm³/mol. The third kappa shape index (κ3) is 9.34. The second-order valence-corrected chi connectivity index (χ2v) is 12.3. The summed E-state index contributed by atoms with van der Waals surface area (Å²) in [4.78, 5) is 2.27. The summed E-state index contributed by atoms with van der Waals surface area (Å²) >= 11 is -0.854. The first-order valence-corrected chi connectivity index (χ1v) is 12.1. The zero-order chi connectivity index (χ0) is 7.28. The molecule has 0 spiro atoms. The van der Waals surface area contributed by atoms with Gasteiger partial charge in [-0.2, -0.15) is 0 Å². The monoisotopic (exact) mass is 256 g/mol. The first kappa shape index (κ1) is 10.3. The fourth-order valence-corrected chi connectivity index (χ4v) is 3.47. The van der Waals surface area contributed by atoms with Crippen LogP contribution in [0.3, 0.4) is 0 Å². The van der Waals surface area contributed by atoms with Crippen molar-refractivity contribution < 1.29 is 35.5 Å². The average Bonchev–Trinajstić information content (AvgIpc) is 1.63. The molecule has 0 rings (SSSR count). The van der Waals surface area contributed by atoms with Crippen LogP contribution in [-0.4, -0.2) is 25.5 Å². The molecule has 1 nitrogen and oxygen atoms in total. The van der Waals surface area contributed by atoms with Crippen LogP contribution in [0.25, 0.3) is 0 Å². The van der Waals surface area contributed by atoms with Gasteiger partial charge in [-0.1, -0.05) is 0 Å². The van der Waals surface area contributed by atoms with Gasteiger partial charge in [0.2, 0.25) is 0 Å². The van der Waals surface area contributed by atoms with Crippen molar-refractivity contribution >= 4 is 0 Å². The second-order valence-electron chi connectivity index (χ2n) is 3.11. The molecule has 0 atom stereocenters. The molecule has 0 aromatic rings. The Hall–Kier alpha value is 1.34. The van der Waals surface area contributed by atoms with E-state index in [2.05, 4.69) is 23.9 Å². The van der Waals surface area contributed by atoms with Gasteiger partial charge in [0, 0.05) is 0 Å². The number of rotatable bonds is 4. The molecule has 9 heavy (non-hydrogen) atoms. The molecule has 0 radical (unpaired) electrons. The molecule has 0 amide bonds. The van der Waals surface area contributed by atoms with E-state index in [0.717, 1.165) is 0 Å². The molecule has 0 aliphatic heterocycles. The van der Waals surface area contributed by atoms with Gasteiger partial charge in [0.25, 0.3) is 0 Å². The van der Waals surface area contributed by atoms with E-state index < -0.39 is 35.5 Å². The molecular formula is C7H18CeN. The van der Waals surface area contributed by atoms with Crippen molar-refractivity contribution in [1.29, 1.82) is 0 Å². The van der Waals surface area contributed by atoms with Crippen LogP contribution in [0.1, 0.15) is 6.42 Å². The Morgan fingerprint density at radius 3 is 2.11 bits per heavy atom. The molecule has 0 aromatic carbocycles. The normalized spacial score (nSPS) is 10.3. The Kier molecular flexibility index (Phi) is 6.98. The standard InChI is InChI=1S/C5H12N.2CH3.Ce/c1-4-5-6(2)3;;;/h1,4-5H2,2-3H3;2*1H3;. The van der Waals surface area contributed by atoms with Crippen molar-refractivity contribution in [2.75, 3.05) is 20.6 Å². The SMILES string of the molecule is CN(C)CC[CH2][Ce]([CH3])[CH3]. The van der Waals surface area contributed by atoms with Crippen LogP contribution in [-0.2, 0) is 0 Å². The summed E-state index contributed by atoms with van der Waals surface area (Å²) in [6.07, 6.45) is 1.43. The first-order chi connectivity index (χ1) is 4.13. The van der Waals surface area contributed by atoms with Crippen LogP contribution >= 0.6 is 0 Å². The van der Waals surface area contributed by atoms with Crippen LogP contribution in [0, 0.1) is 35.5 Å². The maximum absolute atomic E-state index is 2.49. The topological polar surface area (TPSA) is 3.24 Å². The van der Waals surface area contributed by atoms with Crippen molar-refractivity contribution in [3.05, 3.63) is 0 Å². The van der Waals surface area contributed by atoms with E-state index in [4.69, 9.17) is 0 Å². The number of nitrogens with zero attached hydrogens (tertiary/aromatic N) is 1. The molecule has 0 saturated carbocycles. The number of hydrogen-bond acceptors (Lipinski definition) is 1. The molecule has 55 valence electrons. The summed E-state index contributed by atoms with van der Waals surface area (Å²) in [5.41, 5.74) is 0. The third-order valence-electron chi connectivity index (χ3n) is 1.28. The predicted octanol–water partition coefficient (Wildman–Crippen LogP) is 2.07. The third-order valence-corrected chi connectivity index (χ3v) is 5.53. The van der Waals surface area contributed by atoms with Gasteiger partial charge in [-0.3, -0.25) is 0 Å². The van der Waals surface area contributed by atoms with Gasteiger partial charge in [0.05, 0.1) is 0 Å². The summed E-state index contributed by atoms with van der Waals surface area (Å²) in [7, 11) is 4.30. The number of hydrogen-bond donors (Lipinski definition) is 0. The van der Waals surface area contributed by atoms with Crippen LogP contribution < -0.4 is 0 Å². The molecule has 0 heterocycles. The van der Waals surface area contributed by atoms with Crippen molar-refractivity contribution in [2.45, 2.75) is 13.2 Å². The van der Waals surface area contributed by atoms with Gasteiger partial charge in [0.1, 0.15) is 0 Å². The molecule has 2 heteroatoms. The van der Waals surface area contributed by atoms with Crippen molar-refractivity contribution in [3.8, 4) is 0 Å². The van der Waals surface area contributed by atoms with Crippen LogP contribution in [0.15, 0.2) is 0 Å². The fraction of sp³-hybridized carbons (Fsp3) is 1.00. The van der Waals surface area contributed by atoms with Crippen molar-refractivity contribution in [1.82, 2.24) is 4.90 Å². The first-order valence-electron chi connectivity index (χ1n) is 3.56. The summed E-state index contributed by atoms with van der Waals surface area (Å²) in [6.45, 7) is 1.29. The Morgan fingerprint density at radius 1 is 1.22 bits per heavy atom. The minimum absolute atomic E-state index is 0.854. The summed E-state index contributed by atoms with van der Waals surface area (Å²) in [5, 5.41) is 0. The van der Waals surface area contributed by atoms with Crippen molar-refractivity contribution in [3.63, 3.8) is 0 Å². The molecule has 0 aliphatic carbocycles. The van der Waals surface area contributed by atoms with E-state index in [1.165, 1.54) is 13.0 Å². The van der Waals surface area contributed by atoms with E-state index >= 15 is 0 Å². The van der Waals surface area contributed by atoms with Gasteiger partial charge in [-0.05, 0) is 0 Å². The molecular weight excluding hydrogens is 238 g/mol. The van der Waals surface area contributed by atoms with Gasteiger partial charge in [-0.25, -0.2) is 0 Å². The Balaban J connectivity index is 2.91.